The number of aliphatic imine (C=N–C) groups is 1. The number of methoxy groups -OCH3 is 1. The van der Waals surface area contributed by atoms with Crippen molar-refractivity contribution >= 4 is 46.9 Å². The van der Waals surface area contributed by atoms with E-state index in [1.807, 2.05) is 13.8 Å². The van der Waals surface area contributed by atoms with Crippen LogP contribution in [0.4, 0.5) is 0 Å². The number of ether oxygens (including phenoxy) is 1. The van der Waals surface area contributed by atoms with Gasteiger partial charge in [-0.05, 0) is 58.2 Å². The molecule has 0 radical (unpaired) electrons. The van der Waals surface area contributed by atoms with Crippen molar-refractivity contribution in [2.75, 3.05) is 7.11 Å². The molecule has 0 saturated heterocycles. The lowest BCUT2D eigenvalue weighted by Gasteiger charge is -2.29. The normalized spacial score (nSPS) is 16.7. The van der Waals surface area contributed by atoms with Gasteiger partial charge in [0.25, 0.3) is 0 Å². The predicted octanol–water partition coefficient (Wildman–Crippen LogP) is 4.20. The lowest BCUT2D eigenvalue weighted by atomic mass is 9.76. The first-order valence-corrected chi connectivity index (χ1v) is 7.14. The number of rotatable bonds is 7. The lowest BCUT2D eigenvalue weighted by Crippen LogP contribution is -2.33. The minimum atomic E-state index is -0.833. The van der Waals surface area contributed by atoms with Gasteiger partial charge in [-0.25, -0.2) is 4.99 Å². The number of carboxylic acid groups (broad SMARTS) is 1. The third-order valence-electron chi connectivity index (χ3n) is 3.15. The third kappa shape index (κ3) is 5.14. The van der Waals surface area contributed by atoms with E-state index in [4.69, 9.17) is 16.3 Å². The molecule has 1 atom stereocenters. The van der Waals surface area contributed by atoms with Crippen LogP contribution in [-0.4, -0.2) is 24.9 Å². The first-order valence-electron chi connectivity index (χ1n) is 5.69. The topological polar surface area (TPSA) is 58.9 Å². The van der Waals surface area contributed by atoms with E-state index in [0.29, 0.717) is 12.2 Å². The van der Waals surface area contributed by atoms with Crippen LogP contribution in [0.3, 0.4) is 0 Å². The van der Waals surface area contributed by atoms with Crippen molar-refractivity contribution in [2.45, 2.75) is 27.2 Å². The summed E-state index contributed by atoms with van der Waals surface area (Å²) in [4.78, 5) is 15.0. The Bertz CT molecular complexity index is 418. The van der Waals surface area contributed by atoms with E-state index >= 15 is 0 Å². The molecule has 0 rings (SSSR count). The van der Waals surface area contributed by atoms with Crippen LogP contribution >= 0.6 is 34.2 Å². The average Bonchev–Trinajstić information content (AvgIpc) is 2.34. The maximum absolute atomic E-state index is 11.4. The summed E-state index contributed by atoms with van der Waals surface area (Å²) >= 11 is 7.92. The fourth-order valence-electron chi connectivity index (χ4n) is 1.35. The molecule has 0 fully saturated rings. The average molecular weight is 400 g/mol. The summed E-state index contributed by atoms with van der Waals surface area (Å²) in [6.07, 6.45) is 2.08. The fourth-order valence-corrected chi connectivity index (χ4v) is 2.56. The monoisotopic (exact) mass is 399 g/mol. The van der Waals surface area contributed by atoms with Gasteiger partial charge in [-0.3, -0.25) is 4.79 Å². The zero-order valence-corrected chi connectivity index (χ0v) is 14.4. The van der Waals surface area contributed by atoms with Gasteiger partial charge in [-0.15, -0.1) is 0 Å². The summed E-state index contributed by atoms with van der Waals surface area (Å²) in [7, 11) is 1.47. The second kappa shape index (κ2) is 7.89. The number of carboxylic acids is 1. The maximum Gasteiger partial charge on any atom is 0.309 e. The smallest absolute Gasteiger partial charge is 0.309 e. The van der Waals surface area contributed by atoms with Gasteiger partial charge in [-0.2, -0.15) is 0 Å². The standard InChI is InChI=1S/C13H19ClINO3/c1-8(2)13(3,12(17)18)7-9(15)6-10(19-5)11(14)16-4/h6,8H,4,7H2,1-3,5H3,(H,17,18)/b9-6-,11-10+. The molecule has 108 valence electrons. The van der Waals surface area contributed by atoms with Gasteiger partial charge in [0.1, 0.15) is 0 Å². The van der Waals surface area contributed by atoms with Gasteiger partial charge in [0.2, 0.25) is 0 Å². The zero-order chi connectivity index (χ0) is 15.2. The summed E-state index contributed by atoms with van der Waals surface area (Å²) in [6, 6.07) is 0. The van der Waals surface area contributed by atoms with Crippen LogP contribution in [0.5, 0.6) is 0 Å². The molecule has 0 aliphatic rings. The molecule has 0 bridgehead atoms. The summed E-state index contributed by atoms with van der Waals surface area (Å²) in [6.45, 7) is 8.84. The number of hydrogen-bond acceptors (Lipinski definition) is 3. The van der Waals surface area contributed by atoms with Gasteiger partial charge in [0.15, 0.2) is 10.9 Å². The lowest BCUT2D eigenvalue weighted by molar-refractivity contribution is -0.150. The number of carbonyl (C=O) groups is 1. The summed E-state index contributed by atoms with van der Waals surface area (Å²) in [5.41, 5.74) is -0.833. The highest BCUT2D eigenvalue weighted by atomic mass is 127. The predicted molar refractivity (Wildman–Crippen MR) is 86.7 cm³/mol. The van der Waals surface area contributed by atoms with Gasteiger partial charge in [0.05, 0.1) is 12.5 Å². The van der Waals surface area contributed by atoms with Crippen molar-refractivity contribution in [3.05, 3.63) is 20.6 Å². The van der Waals surface area contributed by atoms with Crippen LogP contribution in [0.2, 0.25) is 0 Å². The quantitative estimate of drug-likeness (QED) is 0.229. The van der Waals surface area contributed by atoms with E-state index < -0.39 is 11.4 Å². The number of allylic oxidation sites excluding steroid dienone is 2. The minimum Gasteiger partial charge on any atom is -0.494 e. The Morgan fingerprint density at radius 1 is 1.63 bits per heavy atom. The Morgan fingerprint density at radius 2 is 2.16 bits per heavy atom. The van der Waals surface area contributed by atoms with Gasteiger partial charge in [-0.1, -0.05) is 25.4 Å². The summed E-state index contributed by atoms with van der Waals surface area (Å²) in [5.74, 6) is -0.440. The van der Waals surface area contributed by atoms with Gasteiger partial charge < -0.3 is 9.84 Å². The molecule has 19 heavy (non-hydrogen) atoms. The van der Waals surface area contributed by atoms with Crippen molar-refractivity contribution in [2.24, 2.45) is 16.3 Å². The Hall–Kier alpha value is -0.560. The molecule has 1 N–H and O–H groups in total. The largest absolute Gasteiger partial charge is 0.494 e. The SMILES string of the molecule is C=N/C(Cl)=C(\C=C(/I)CC(C)(C(=O)O)C(C)C)OC. The molecule has 0 heterocycles. The molecule has 0 aliphatic carbocycles. The second-order valence-corrected chi connectivity index (χ2v) is 6.41. The first-order chi connectivity index (χ1) is 8.68. The van der Waals surface area contributed by atoms with Crippen LogP contribution in [0.15, 0.2) is 25.6 Å². The molecule has 0 aromatic heterocycles. The number of aliphatic carboxylic acids is 1. The molecular weight excluding hydrogens is 381 g/mol. The van der Waals surface area contributed by atoms with Crippen LogP contribution < -0.4 is 0 Å². The highest BCUT2D eigenvalue weighted by molar-refractivity contribution is 14.1. The second-order valence-electron chi connectivity index (χ2n) is 4.66. The molecule has 1 unspecified atom stereocenters. The van der Waals surface area contributed by atoms with Crippen molar-refractivity contribution in [1.82, 2.24) is 0 Å². The van der Waals surface area contributed by atoms with Crippen molar-refractivity contribution in [3.8, 4) is 0 Å². The van der Waals surface area contributed by atoms with E-state index in [1.54, 1.807) is 13.0 Å². The molecule has 6 heteroatoms. The van der Waals surface area contributed by atoms with Gasteiger partial charge in [0, 0.05) is 0 Å². The van der Waals surface area contributed by atoms with Gasteiger partial charge >= 0.3 is 5.97 Å². The zero-order valence-electron chi connectivity index (χ0n) is 11.5. The summed E-state index contributed by atoms with van der Waals surface area (Å²) < 4.78 is 5.92. The van der Waals surface area contributed by atoms with E-state index in [-0.39, 0.29) is 11.1 Å². The van der Waals surface area contributed by atoms with Crippen LogP contribution in [-0.2, 0) is 9.53 Å². The Morgan fingerprint density at radius 3 is 2.47 bits per heavy atom. The fraction of sp³-hybridized carbons (Fsp3) is 0.538. The number of nitrogens with zero attached hydrogens (tertiary/aromatic N) is 1. The first kappa shape index (κ1) is 18.4. The van der Waals surface area contributed by atoms with E-state index in [1.165, 1.54) is 7.11 Å². The highest BCUT2D eigenvalue weighted by Crippen LogP contribution is 2.37. The molecule has 0 aromatic rings. The Kier molecular flexibility index (Phi) is 7.66. The third-order valence-corrected chi connectivity index (χ3v) is 4.15. The molecule has 0 aliphatic heterocycles. The van der Waals surface area contributed by atoms with Crippen LogP contribution in [0.1, 0.15) is 27.2 Å². The minimum absolute atomic E-state index is 0.00569. The molecule has 0 saturated carbocycles. The number of halogens is 2. The van der Waals surface area contributed by atoms with Crippen molar-refractivity contribution in [3.63, 3.8) is 0 Å². The Labute approximate surface area is 132 Å². The van der Waals surface area contributed by atoms with Crippen molar-refractivity contribution < 1.29 is 14.6 Å². The van der Waals surface area contributed by atoms with Crippen LogP contribution in [0, 0.1) is 11.3 Å². The van der Waals surface area contributed by atoms with Crippen LogP contribution in [0.25, 0.3) is 0 Å². The van der Waals surface area contributed by atoms with E-state index in [2.05, 4.69) is 34.3 Å². The van der Waals surface area contributed by atoms with E-state index in [0.717, 1.165) is 3.58 Å². The Balaban J connectivity index is 5.29. The number of hydrogen-bond donors (Lipinski definition) is 1. The maximum atomic E-state index is 11.4. The molecule has 0 spiro atoms. The van der Waals surface area contributed by atoms with E-state index in [9.17, 15) is 9.90 Å². The molecular formula is C13H19ClINO3. The molecule has 0 amide bonds. The van der Waals surface area contributed by atoms with Crippen molar-refractivity contribution in [1.29, 1.82) is 0 Å². The molecule has 0 aromatic carbocycles. The molecule has 4 nitrogen and oxygen atoms in total. The summed E-state index contributed by atoms with van der Waals surface area (Å²) in [5, 5.41) is 9.52. The highest BCUT2D eigenvalue weighted by Gasteiger charge is 2.37.